The Bertz CT molecular complexity index is 662. The first kappa shape index (κ1) is 16.2. The number of primary amides is 1. The van der Waals surface area contributed by atoms with Crippen LogP contribution < -0.4 is 20.7 Å². The molecule has 1 aliphatic rings. The Hall–Kier alpha value is -3.17. The van der Waals surface area contributed by atoms with Crippen molar-refractivity contribution in [3.63, 3.8) is 0 Å². The molecule has 0 aromatic carbocycles. The fraction of sp³-hybridized carbons (Fsp3) is 0.308. The van der Waals surface area contributed by atoms with Crippen molar-refractivity contribution in [1.82, 2.24) is 10.3 Å². The van der Waals surface area contributed by atoms with Crippen LogP contribution in [0, 0.1) is 0 Å². The molecular formula is C13H14N4O6. The minimum absolute atomic E-state index is 0.167. The van der Waals surface area contributed by atoms with Crippen molar-refractivity contribution in [2.45, 2.75) is 12.5 Å². The summed E-state index contributed by atoms with van der Waals surface area (Å²) in [7, 11) is 0. The highest BCUT2D eigenvalue weighted by Crippen LogP contribution is 2.28. The Morgan fingerprint density at radius 2 is 2.22 bits per heavy atom. The standard InChI is InChI=1S/C13H14N4O6/c14-9(18)4-7(13(21)22)16-10(19)5-17-11(20)6-23-8-2-1-3-15-12(8)17/h1-3,7H,4-6H2,(H2,14,18)(H,16,19)(H,21,22). The van der Waals surface area contributed by atoms with Gasteiger partial charge in [-0.3, -0.25) is 19.3 Å². The molecule has 3 amide bonds. The van der Waals surface area contributed by atoms with Gasteiger partial charge < -0.3 is 20.9 Å². The second kappa shape index (κ2) is 6.73. The molecule has 0 bridgehead atoms. The highest BCUT2D eigenvalue weighted by molar-refractivity contribution is 6.01. The lowest BCUT2D eigenvalue weighted by atomic mass is 10.2. The Kier molecular flexibility index (Phi) is 4.74. The van der Waals surface area contributed by atoms with Crippen LogP contribution in [0.25, 0.3) is 0 Å². The molecule has 2 rings (SSSR count). The summed E-state index contributed by atoms with van der Waals surface area (Å²) in [4.78, 5) is 50.7. The summed E-state index contributed by atoms with van der Waals surface area (Å²) in [5.74, 6) is -3.01. The molecule has 0 fully saturated rings. The van der Waals surface area contributed by atoms with E-state index in [1.165, 1.54) is 6.20 Å². The van der Waals surface area contributed by atoms with E-state index in [4.69, 9.17) is 15.6 Å². The van der Waals surface area contributed by atoms with Gasteiger partial charge in [-0.05, 0) is 12.1 Å². The van der Waals surface area contributed by atoms with Crippen molar-refractivity contribution < 1.29 is 29.0 Å². The molecule has 1 unspecified atom stereocenters. The van der Waals surface area contributed by atoms with Crippen LogP contribution in [0.1, 0.15) is 6.42 Å². The molecule has 1 aromatic heterocycles. The first-order valence-electron chi connectivity index (χ1n) is 6.57. The number of hydrogen-bond acceptors (Lipinski definition) is 6. The number of nitrogens with two attached hydrogens (primary N) is 1. The van der Waals surface area contributed by atoms with Crippen molar-refractivity contribution in [1.29, 1.82) is 0 Å². The highest BCUT2D eigenvalue weighted by Gasteiger charge is 2.30. The van der Waals surface area contributed by atoms with Gasteiger partial charge in [0, 0.05) is 6.20 Å². The van der Waals surface area contributed by atoms with E-state index in [9.17, 15) is 19.2 Å². The van der Waals surface area contributed by atoms with Gasteiger partial charge in [0.15, 0.2) is 18.2 Å². The lowest BCUT2D eigenvalue weighted by Crippen LogP contribution is -2.50. The lowest BCUT2D eigenvalue weighted by molar-refractivity contribution is -0.143. The number of carboxylic acid groups (broad SMARTS) is 1. The van der Waals surface area contributed by atoms with Crippen LogP contribution in [-0.2, 0) is 19.2 Å². The fourth-order valence-corrected chi connectivity index (χ4v) is 1.98. The third-order valence-corrected chi connectivity index (χ3v) is 3.00. The Morgan fingerprint density at radius 3 is 2.87 bits per heavy atom. The van der Waals surface area contributed by atoms with E-state index in [1.54, 1.807) is 12.1 Å². The number of hydrogen-bond donors (Lipinski definition) is 3. The number of anilines is 1. The molecule has 0 aliphatic carbocycles. The number of pyridine rings is 1. The Balaban J connectivity index is 2.09. The molecule has 122 valence electrons. The van der Waals surface area contributed by atoms with E-state index in [-0.39, 0.29) is 12.4 Å². The van der Waals surface area contributed by atoms with Gasteiger partial charge >= 0.3 is 5.97 Å². The average Bonchev–Trinajstić information content (AvgIpc) is 2.49. The third-order valence-electron chi connectivity index (χ3n) is 3.00. The molecule has 10 heteroatoms. The molecule has 0 saturated carbocycles. The largest absolute Gasteiger partial charge is 0.480 e. The minimum atomic E-state index is -1.46. The number of nitrogens with one attached hydrogen (secondary N) is 1. The zero-order valence-electron chi connectivity index (χ0n) is 11.9. The van der Waals surface area contributed by atoms with Crippen LogP contribution >= 0.6 is 0 Å². The molecule has 1 aromatic rings. The van der Waals surface area contributed by atoms with Crippen LogP contribution in [-0.4, -0.2) is 53.0 Å². The van der Waals surface area contributed by atoms with Crippen molar-refractivity contribution in [2.75, 3.05) is 18.1 Å². The summed E-state index contributed by atoms with van der Waals surface area (Å²) >= 11 is 0. The average molecular weight is 322 g/mol. The highest BCUT2D eigenvalue weighted by atomic mass is 16.5. The summed E-state index contributed by atoms with van der Waals surface area (Å²) < 4.78 is 5.18. The molecule has 0 radical (unpaired) electrons. The molecule has 4 N–H and O–H groups in total. The summed E-state index contributed by atoms with van der Waals surface area (Å²) in [6.45, 7) is -0.704. The van der Waals surface area contributed by atoms with Gasteiger partial charge in [0.25, 0.3) is 5.91 Å². The van der Waals surface area contributed by atoms with Crippen LogP contribution in [0.4, 0.5) is 5.82 Å². The Morgan fingerprint density at radius 1 is 1.48 bits per heavy atom. The number of carboxylic acids is 1. The first-order chi connectivity index (χ1) is 10.9. The number of amides is 3. The summed E-state index contributed by atoms with van der Waals surface area (Å²) in [6, 6.07) is 1.74. The van der Waals surface area contributed by atoms with Crippen LogP contribution in [0.15, 0.2) is 18.3 Å². The van der Waals surface area contributed by atoms with Gasteiger partial charge in [-0.1, -0.05) is 0 Å². The molecule has 0 saturated heterocycles. The summed E-state index contributed by atoms with van der Waals surface area (Å²) in [5, 5.41) is 11.1. The van der Waals surface area contributed by atoms with Gasteiger partial charge in [0.2, 0.25) is 11.8 Å². The number of fused-ring (bicyclic) bond motifs is 1. The van der Waals surface area contributed by atoms with E-state index in [2.05, 4.69) is 10.3 Å². The van der Waals surface area contributed by atoms with Crippen molar-refractivity contribution >= 4 is 29.5 Å². The second-order valence-corrected chi connectivity index (χ2v) is 4.72. The predicted octanol–water partition coefficient (Wildman–Crippen LogP) is -1.75. The first-order valence-corrected chi connectivity index (χ1v) is 6.57. The normalized spacial score (nSPS) is 14.4. The number of aromatic nitrogens is 1. The van der Waals surface area contributed by atoms with Crippen molar-refractivity contribution in [2.24, 2.45) is 5.73 Å². The third kappa shape index (κ3) is 3.93. The number of carbonyl (C=O) groups excluding carboxylic acids is 3. The summed E-state index contributed by atoms with van der Waals surface area (Å²) in [6.07, 6.45) is 0.881. The maximum atomic E-state index is 12.0. The van der Waals surface area contributed by atoms with E-state index in [0.717, 1.165) is 4.90 Å². The number of rotatable bonds is 6. The quantitative estimate of drug-likeness (QED) is 0.561. The maximum absolute atomic E-state index is 12.0. The SMILES string of the molecule is NC(=O)CC(NC(=O)CN1C(=O)COc2cccnc21)C(=O)O. The van der Waals surface area contributed by atoms with Crippen LogP contribution in [0.3, 0.4) is 0 Å². The molecule has 23 heavy (non-hydrogen) atoms. The van der Waals surface area contributed by atoms with E-state index in [1.807, 2.05) is 0 Å². The zero-order valence-corrected chi connectivity index (χ0v) is 11.9. The minimum Gasteiger partial charge on any atom is -0.480 e. The molecule has 10 nitrogen and oxygen atoms in total. The predicted molar refractivity (Wildman–Crippen MR) is 75.5 cm³/mol. The van der Waals surface area contributed by atoms with Gasteiger partial charge in [-0.25, -0.2) is 9.78 Å². The molecule has 2 heterocycles. The van der Waals surface area contributed by atoms with Crippen molar-refractivity contribution in [3.8, 4) is 5.75 Å². The smallest absolute Gasteiger partial charge is 0.326 e. The molecule has 1 atom stereocenters. The zero-order chi connectivity index (χ0) is 17.0. The van der Waals surface area contributed by atoms with Crippen LogP contribution in [0.2, 0.25) is 0 Å². The lowest BCUT2D eigenvalue weighted by Gasteiger charge is -2.27. The fourth-order valence-electron chi connectivity index (χ4n) is 1.98. The topological polar surface area (TPSA) is 152 Å². The monoisotopic (exact) mass is 322 g/mol. The number of carbonyl (C=O) groups is 4. The number of ether oxygens (including phenoxy) is 1. The molecule has 0 spiro atoms. The van der Waals surface area contributed by atoms with E-state index in [0.29, 0.717) is 5.75 Å². The number of aliphatic carboxylic acids is 1. The Labute approximate surface area is 130 Å². The maximum Gasteiger partial charge on any atom is 0.326 e. The van der Waals surface area contributed by atoms with Crippen molar-refractivity contribution in [3.05, 3.63) is 18.3 Å². The van der Waals surface area contributed by atoms with E-state index < -0.39 is 42.7 Å². The van der Waals surface area contributed by atoms with Crippen LogP contribution in [0.5, 0.6) is 5.75 Å². The van der Waals surface area contributed by atoms with Gasteiger partial charge in [-0.15, -0.1) is 0 Å². The molecule has 1 aliphatic heterocycles. The van der Waals surface area contributed by atoms with Gasteiger partial charge in [0.1, 0.15) is 12.6 Å². The molecular weight excluding hydrogens is 308 g/mol. The van der Waals surface area contributed by atoms with Gasteiger partial charge in [0.05, 0.1) is 6.42 Å². The van der Waals surface area contributed by atoms with Gasteiger partial charge in [-0.2, -0.15) is 0 Å². The second-order valence-electron chi connectivity index (χ2n) is 4.72. The van der Waals surface area contributed by atoms with E-state index >= 15 is 0 Å². The number of nitrogens with zero attached hydrogens (tertiary/aromatic N) is 2. The summed E-state index contributed by atoms with van der Waals surface area (Å²) in [5.41, 5.74) is 4.93.